The van der Waals surface area contributed by atoms with Crippen molar-refractivity contribution in [2.45, 2.75) is 63.2 Å². The number of hydrogen-bond donors (Lipinski definition) is 3. The summed E-state index contributed by atoms with van der Waals surface area (Å²) in [6.07, 6.45) is 6.25. The van der Waals surface area contributed by atoms with Crippen molar-refractivity contribution in [1.29, 1.82) is 0 Å². The molecule has 3 N–H and O–H groups in total. The van der Waals surface area contributed by atoms with E-state index in [9.17, 15) is 10.2 Å². The number of nitrogens with one attached hydrogen (secondary N) is 1. The predicted octanol–water partition coefficient (Wildman–Crippen LogP) is 2.76. The summed E-state index contributed by atoms with van der Waals surface area (Å²) < 4.78 is 0. The van der Waals surface area contributed by atoms with Crippen molar-refractivity contribution in [3.63, 3.8) is 0 Å². The normalized spacial score (nSPS) is 31.0. The van der Waals surface area contributed by atoms with Gasteiger partial charge in [0.15, 0.2) is 0 Å². The fourth-order valence-electron chi connectivity index (χ4n) is 4.17. The number of phenolic OH excluding ortho intramolecular Hbond substituents is 2. The Morgan fingerprint density at radius 2 is 1.71 bits per heavy atom. The molecule has 2 aliphatic heterocycles. The highest BCUT2D eigenvalue weighted by Crippen LogP contribution is 2.36. The highest BCUT2D eigenvalue weighted by Gasteiger charge is 2.36. The SMILES string of the molecule is CC(NC1CC2CCCC(C1)N2C)c1c(O)cccc1O. The van der Waals surface area contributed by atoms with Crippen LogP contribution in [0.25, 0.3) is 0 Å². The number of piperidine rings is 2. The lowest BCUT2D eigenvalue weighted by Gasteiger charge is -2.47. The van der Waals surface area contributed by atoms with E-state index >= 15 is 0 Å². The Morgan fingerprint density at radius 1 is 1.14 bits per heavy atom. The Kier molecular flexibility index (Phi) is 4.09. The minimum absolute atomic E-state index is 0.0414. The fraction of sp³-hybridized carbons (Fsp3) is 0.647. The predicted molar refractivity (Wildman–Crippen MR) is 83.5 cm³/mol. The summed E-state index contributed by atoms with van der Waals surface area (Å²) in [5, 5.41) is 23.6. The van der Waals surface area contributed by atoms with E-state index in [1.807, 2.05) is 6.92 Å². The zero-order valence-corrected chi connectivity index (χ0v) is 12.9. The van der Waals surface area contributed by atoms with Gasteiger partial charge in [0.25, 0.3) is 0 Å². The van der Waals surface area contributed by atoms with Crippen molar-refractivity contribution in [2.75, 3.05) is 7.05 Å². The highest BCUT2D eigenvalue weighted by molar-refractivity contribution is 5.44. The topological polar surface area (TPSA) is 55.7 Å². The molecule has 2 fully saturated rings. The molecule has 0 saturated carbocycles. The van der Waals surface area contributed by atoms with E-state index in [0.717, 1.165) is 12.8 Å². The monoisotopic (exact) mass is 290 g/mol. The van der Waals surface area contributed by atoms with Gasteiger partial charge in [0, 0.05) is 24.2 Å². The molecular formula is C17H26N2O2. The summed E-state index contributed by atoms with van der Waals surface area (Å²) in [5.74, 6) is 0.339. The molecule has 1 aromatic rings. The third kappa shape index (κ3) is 2.87. The van der Waals surface area contributed by atoms with Gasteiger partial charge in [0.1, 0.15) is 11.5 Å². The van der Waals surface area contributed by atoms with Crippen LogP contribution >= 0.6 is 0 Å². The Morgan fingerprint density at radius 3 is 2.29 bits per heavy atom. The Bertz CT molecular complexity index is 471. The molecule has 3 rings (SSSR count). The van der Waals surface area contributed by atoms with Crippen molar-refractivity contribution in [2.24, 2.45) is 0 Å². The number of aromatic hydroxyl groups is 2. The van der Waals surface area contributed by atoms with Crippen LogP contribution < -0.4 is 5.32 Å². The summed E-state index contributed by atoms with van der Waals surface area (Å²) in [5.41, 5.74) is 0.613. The van der Waals surface area contributed by atoms with Gasteiger partial charge in [-0.15, -0.1) is 0 Å². The fourth-order valence-corrected chi connectivity index (χ4v) is 4.17. The van der Waals surface area contributed by atoms with Crippen LogP contribution in [0.5, 0.6) is 11.5 Å². The number of phenols is 2. The molecule has 2 aliphatic rings. The highest BCUT2D eigenvalue weighted by atomic mass is 16.3. The third-order valence-electron chi connectivity index (χ3n) is 5.32. The van der Waals surface area contributed by atoms with Crippen LogP contribution in [0.1, 0.15) is 50.6 Å². The van der Waals surface area contributed by atoms with Crippen molar-refractivity contribution in [1.82, 2.24) is 10.2 Å². The van der Waals surface area contributed by atoms with E-state index in [0.29, 0.717) is 23.7 Å². The number of benzene rings is 1. The number of rotatable bonds is 3. The van der Waals surface area contributed by atoms with Crippen LogP contribution in [0.4, 0.5) is 0 Å². The van der Waals surface area contributed by atoms with Crippen LogP contribution in [0, 0.1) is 0 Å². The van der Waals surface area contributed by atoms with E-state index in [1.165, 1.54) is 19.3 Å². The first-order valence-corrected chi connectivity index (χ1v) is 8.05. The van der Waals surface area contributed by atoms with Gasteiger partial charge in [0.2, 0.25) is 0 Å². The molecule has 2 heterocycles. The zero-order valence-electron chi connectivity index (χ0n) is 12.9. The molecular weight excluding hydrogens is 264 g/mol. The summed E-state index contributed by atoms with van der Waals surface area (Å²) >= 11 is 0. The molecule has 2 saturated heterocycles. The summed E-state index contributed by atoms with van der Waals surface area (Å²) in [6.45, 7) is 2.02. The first-order chi connectivity index (χ1) is 10.1. The van der Waals surface area contributed by atoms with Gasteiger partial charge < -0.3 is 20.4 Å². The van der Waals surface area contributed by atoms with Gasteiger partial charge in [-0.3, -0.25) is 0 Å². The molecule has 0 spiro atoms. The molecule has 0 aromatic heterocycles. The van der Waals surface area contributed by atoms with E-state index < -0.39 is 0 Å². The molecule has 3 unspecified atom stereocenters. The lowest BCUT2D eigenvalue weighted by atomic mass is 9.82. The van der Waals surface area contributed by atoms with Crippen molar-refractivity contribution < 1.29 is 10.2 Å². The molecule has 0 aliphatic carbocycles. The molecule has 2 bridgehead atoms. The van der Waals surface area contributed by atoms with Crippen LogP contribution in [0.3, 0.4) is 0 Å². The summed E-state index contributed by atoms with van der Waals surface area (Å²) in [7, 11) is 2.25. The first kappa shape index (κ1) is 14.7. The van der Waals surface area contributed by atoms with Gasteiger partial charge in [0.05, 0.1) is 5.56 Å². The maximum atomic E-state index is 9.99. The lowest BCUT2D eigenvalue weighted by molar-refractivity contribution is 0.0461. The molecule has 4 nitrogen and oxygen atoms in total. The average molecular weight is 290 g/mol. The Hall–Kier alpha value is -1.26. The van der Waals surface area contributed by atoms with Crippen molar-refractivity contribution >= 4 is 0 Å². The second-order valence-corrected chi connectivity index (χ2v) is 6.67. The average Bonchev–Trinajstić information content (AvgIpc) is 2.39. The van der Waals surface area contributed by atoms with Gasteiger partial charge in [-0.05, 0) is 51.8 Å². The summed E-state index contributed by atoms with van der Waals surface area (Å²) in [6, 6.07) is 6.72. The largest absolute Gasteiger partial charge is 0.507 e. The molecule has 0 amide bonds. The van der Waals surface area contributed by atoms with E-state index in [2.05, 4.69) is 17.3 Å². The van der Waals surface area contributed by atoms with Crippen LogP contribution in [-0.2, 0) is 0 Å². The van der Waals surface area contributed by atoms with E-state index in [-0.39, 0.29) is 17.5 Å². The van der Waals surface area contributed by atoms with Crippen LogP contribution in [-0.4, -0.2) is 40.3 Å². The molecule has 3 atom stereocenters. The van der Waals surface area contributed by atoms with Gasteiger partial charge in [-0.25, -0.2) is 0 Å². The van der Waals surface area contributed by atoms with Crippen LogP contribution in [0.15, 0.2) is 18.2 Å². The molecule has 0 radical (unpaired) electrons. The number of hydrogen-bond acceptors (Lipinski definition) is 4. The summed E-state index contributed by atoms with van der Waals surface area (Å²) in [4.78, 5) is 2.55. The smallest absolute Gasteiger partial charge is 0.124 e. The molecule has 4 heteroatoms. The van der Waals surface area contributed by atoms with Gasteiger partial charge in [-0.1, -0.05) is 12.5 Å². The second-order valence-electron chi connectivity index (χ2n) is 6.67. The maximum Gasteiger partial charge on any atom is 0.124 e. The minimum atomic E-state index is -0.0414. The van der Waals surface area contributed by atoms with E-state index in [1.54, 1.807) is 18.2 Å². The van der Waals surface area contributed by atoms with Gasteiger partial charge in [-0.2, -0.15) is 0 Å². The number of fused-ring (bicyclic) bond motifs is 2. The zero-order chi connectivity index (χ0) is 15.0. The maximum absolute atomic E-state index is 9.99. The third-order valence-corrected chi connectivity index (χ3v) is 5.32. The Labute approximate surface area is 126 Å². The molecule has 1 aromatic carbocycles. The lowest BCUT2D eigenvalue weighted by Crippen LogP contribution is -2.54. The quantitative estimate of drug-likeness (QED) is 0.801. The standard InChI is InChI=1S/C17H26N2O2/c1-11(17-15(20)7-4-8-16(17)21)18-12-9-13-5-3-6-14(10-12)19(13)2/h4,7-8,11-14,18,20-21H,3,5-6,9-10H2,1-2H3. The van der Waals surface area contributed by atoms with Crippen molar-refractivity contribution in [3.8, 4) is 11.5 Å². The van der Waals surface area contributed by atoms with Crippen molar-refractivity contribution in [3.05, 3.63) is 23.8 Å². The van der Waals surface area contributed by atoms with Gasteiger partial charge >= 0.3 is 0 Å². The molecule has 21 heavy (non-hydrogen) atoms. The first-order valence-electron chi connectivity index (χ1n) is 8.05. The Balaban J connectivity index is 1.69. The van der Waals surface area contributed by atoms with E-state index in [4.69, 9.17) is 0 Å². The number of nitrogens with zero attached hydrogens (tertiary/aromatic N) is 1. The van der Waals surface area contributed by atoms with Crippen LogP contribution in [0.2, 0.25) is 0 Å². The molecule has 116 valence electrons. The second kappa shape index (κ2) is 5.85. The minimum Gasteiger partial charge on any atom is -0.507 e.